The summed E-state index contributed by atoms with van der Waals surface area (Å²) in [7, 11) is 2.27. The maximum Gasteiger partial charge on any atom is 0.242 e. The Morgan fingerprint density at radius 3 is 2.76 bits per heavy atom. The van der Waals surface area contributed by atoms with Crippen LogP contribution in [0.4, 0.5) is 0 Å². The average Bonchev–Trinajstić information content (AvgIpc) is 3.07. The monoisotopic (exact) mass is 337 g/mol. The van der Waals surface area contributed by atoms with E-state index in [2.05, 4.69) is 45.7 Å². The van der Waals surface area contributed by atoms with Crippen LogP contribution in [0.3, 0.4) is 0 Å². The summed E-state index contributed by atoms with van der Waals surface area (Å²) in [4.78, 5) is 17.6. The van der Waals surface area contributed by atoms with E-state index in [0.717, 1.165) is 32.4 Å². The molecule has 132 valence electrons. The van der Waals surface area contributed by atoms with Gasteiger partial charge in [0.2, 0.25) is 5.91 Å². The molecule has 1 aromatic carbocycles. The van der Waals surface area contributed by atoms with E-state index in [1.54, 1.807) is 0 Å². The largest absolute Gasteiger partial charge is 0.341 e. The van der Waals surface area contributed by atoms with Crippen molar-refractivity contribution in [1.29, 1.82) is 0 Å². The van der Waals surface area contributed by atoms with E-state index in [0.29, 0.717) is 24.5 Å². The number of nitrogens with zero attached hydrogens (tertiary/aromatic N) is 3. The zero-order valence-electron chi connectivity index (χ0n) is 15.1. The number of piperidine rings is 1. The average molecular weight is 337 g/mol. The highest BCUT2D eigenvalue weighted by atomic mass is 16.2. The van der Waals surface area contributed by atoms with Gasteiger partial charge in [-0.1, -0.05) is 18.2 Å². The van der Waals surface area contributed by atoms with Gasteiger partial charge in [-0.25, -0.2) is 0 Å². The van der Waals surface area contributed by atoms with Crippen LogP contribution in [0.25, 0.3) is 10.9 Å². The minimum Gasteiger partial charge on any atom is -0.341 e. The van der Waals surface area contributed by atoms with Gasteiger partial charge in [0, 0.05) is 48.2 Å². The van der Waals surface area contributed by atoms with Crippen LogP contribution in [0.5, 0.6) is 0 Å². The number of benzene rings is 1. The molecule has 1 aromatic heterocycles. The fraction of sp³-hybridized carbons (Fsp3) is 0.571. The minimum atomic E-state index is 0.300. The van der Waals surface area contributed by atoms with Crippen molar-refractivity contribution in [2.75, 3.05) is 20.1 Å². The van der Waals surface area contributed by atoms with Crippen molar-refractivity contribution in [2.24, 2.45) is 0 Å². The van der Waals surface area contributed by atoms with E-state index in [1.165, 1.54) is 41.4 Å². The van der Waals surface area contributed by atoms with Gasteiger partial charge in [-0.3, -0.25) is 9.69 Å². The molecule has 2 bridgehead atoms. The lowest BCUT2D eigenvalue weighted by Crippen LogP contribution is -2.39. The zero-order chi connectivity index (χ0) is 17.0. The topological polar surface area (TPSA) is 28.5 Å². The molecule has 0 aliphatic carbocycles. The van der Waals surface area contributed by atoms with Crippen molar-refractivity contribution >= 4 is 16.8 Å². The molecule has 4 heterocycles. The maximum absolute atomic E-state index is 12.9. The zero-order valence-corrected chi connectivity index (χ0v) is 15.1. The predicted molar refractivity (Wildman–Crippen MR) is 99.6 cm³/mol. The van der Waals surface area contributed by atoms with Gasteiger partial charge in [0.15, 0.2) is 0 Å². The number of aromatic nitrogens is 1. The Balaban J connectivity index is 1.57. The summed E-state index contributed by atoms with van der Waals surface area (Å²) in [6.07, 6.45) is 7.20. The number of amides is 1. The maximum atomic E-state index is 12.9. The van der Waals surface area contributed by atoms with Gasteiger partial charge in [0.05, 0.1) is 0 Å². The molecule has 2 fully saturated rings. The van der Waals surface area contributed by atoms with Crippen molar-refractivity contribution < 1.29 is 4.79 Å². The first kappa shape index (κ1) is 15.4. The summed E-state index contributed by atoms with van der Waals surface area (Å²) in [5, 5.41) is 1.36. The van der Waals surface area contributed by atoms with Gasteiger partial charge >= 0.3 is 0 Å². The first-order chi connectivity index (χ1) is 12.2. The first-order valence-corrected chi connectivity index (χ1v) is 9.84. The van der Waals surface area contributed by atoms with Crippen molar-refractivity contribution in [3.63, 3.8) is 0 Å². The number of fused-ring (bicyclic) bond motifs is 6. The summed E-state index contributed by atoms with van der Waals surface area (Å²) >= 11 is 0. The van der Waals surface area contributed by atoms with E-state index in [-0.39, 0.29) is 0 Å². The Kier molecular flexibility index (Phi) is 3.63. The smallest absolute Gasteiger partial charge is 0.242 e. The molecule has 4 nitrogen and oxygen atoms in total. The van der Waals surface area contributed by atoms with E-state index in [9.17, 15) is 4.79 Å². The summed E-state index contributed by atoms with van der Waals surface area (Å²) in [5.41, 5.74) is 4.18. The molecule has 0 unspecified atom stereocenters. The third-order valence-corrected chi connectivity index (χ3v) is 6.73. The molecule has 3 aliphatic rings. The Hall–Kier alpha value is -1.81. The van der Waals surface area contributed by atoms with Gasteiger partial charge in [0.1, 0.15) is 6.54 Å². The fourth-order valence-electron chi connectivity index (χ4n) is 5.36. The standard InChI is InChI=1S/C21H27N3O/c1-22-15-9-10-18(22)21-16-7-3-4-8-17(16)24(19(21)13-15)14-20(25)23-11-5-2-6-12-23/h3-4,7-8,15,18H,2,5-6,9-14H2,1H3/t15-,18+/m0/s1. The van der Waals surface area contributed by atoms with Crippen LogP contribution in [0, 0.1) is 0 Å². The highest BCUT2D eigenvalue weighted by Crippen LogP contribution is 2.46. The Bertz CT molecular complexity index is 818. The highest BCUT2D eigenvalue weighted by Gasteiger charge is 2.40. The first-order valence-electron chi connectivity index (χ1n) is 9.84. The molecule has 1 amide bonds. The van der Waals surface area contributed by atoms with E-state index in [1.807, 2.05) is 0 Å². The van der Waals surface area contributed by atoms with Crippen LogP contribution >= 0.6 is 0 Å². The van der Waals surface area contributed by atoms with Crippen molar-refractivity contribution in [2.45, 2.75) is 57.2 Å². The lowest BCUT2D eigenvalue weighted by molar-refractivity contribution is -0.132. The second kappa shape index (κ2) is 5.87. The number of para-hydroxylation sites is 1. The number of carbonyl (C=O) groups is 1. The van der Waals surface area contributed by atoms with Crippen LogP contribution in [-0.4, -0.2) is 46.5 Å². The highest BCUT2D eigenvalue weighted by molar-refractivity contribution is 5.88. The third kappa shape index (κ3) is 2.34. The molecule has 2 atom stereocenters. The fourth-order valence-corrected chi connectivity index (χ4v) is 5.36. The summed E-state index contributed by atoms with van der Waals surface area (Å²) in [5.74, 6) is 0.300. The Morgan fingerprint density at radius 2 is 1.92 bits per heavy atom. The molecule has 0 saturated carbocycles. The van der Waals surface area contributed by atoms with E-state index < -0.39 is 0 Å². The summed E-state index contributed by atoms with van der Waals surface area (Å²) in [6.45, 7) is 2.39. The molecule has 2 aromatic rings. The second-order valence-corrected chi connectivity index (χ2v) is 8.02. The Morgan fingerprint density at radius 1 is 1.12 bits per heavy atom. The number of hydrogen-bond donors (Lipinski definition) is 0. The SMILES string of the molecule is CN1[C@H]2CC[C@@H]1c1c(n(CC(=O)N3CCCCC3)c3ccccc13)C2. The summed E-state index contributed by atoms with van der Waals surface area (Å²) in [6, 6.07) is 9.88. The lowest BCUT2D eigenvalue weighted by atomic mass is 9.97. The van der Waals surface area contributed by atoms with Gasteiger partial charge < -0.3 is 9.47 Å². The molecule has 5 rings (SSSR count). The van der Waals surface area contributed by atoms with Crippen LogP contribution in [0.15, 0.2) is 24.3 Å². The van der Waals surface area contributed by atoms with Crippen molar-refractivity contribution in [3.05, 3.63) is 35.5 Å². The van der Waals surface area contributed by atoms with E-state index >= 15 is 0 Å². The van der Waals surface area contributed by atoms with Gasteiger partial charge in [-0.15, -0.1) is 0 Å². The number of rotatable bonds is 2. The number of carbonyl (C=O) groups excluding carboxylic acids is 1. The molecule has 4 heteroatoms. The predicted octanol–water partition coefficient (Wildman–Crippen LogP) is 3.35. The molecule has 0 spiro atoms. The quantitative estimate of drug-likeness (QED) is 0.841. The van der Waals surface area contributed by atoms with Gasteiger partial charge in [-0.2, -0.15) is 0 Å². The Labute approximate surface area is 149 Å². The molecular formula is C21H27N3O. The van der Waals surface area contributed by atoms with Crippen LogP contribution in [0.2, 0.25) is 0 Å². The van der Waals surface area contributed by atoms with Gasteiger partial charge in [-0.05, 0) is 50.8 Å². The second-order valence-electron chi connectivity index (χ2n) is 8.02. The summed E-state index contributed by atoms with van der Waals surface area (Å²) < 4.78 is 2.35. The molecule has 0 N–H and O–H groups in total. The molecule has 25 heavy (non-hydrogen) atoms. The lowest BCUT2D eigenvalue weighted by Gasteiger charge is -2.33. The number of likely N-dealkylation sites (N-methyl/N-ethyl adjacent to an activating group) is 1. The van der Waals surface area contributed by atoms with Crippen LogP contribution < -0.4 is 0 Å². The van der Waals surface area contributed by atoms with Gasteiger partial charge in [0.25, 0.3) is 0 Å². The van der Waals surface area contributed by atoms with Crippen molar-refractivity contribution in [1.82, 2.24) is 14.4 Å². The van der Waals surface area contributed by atoms with E-state index in [4.69, 9.17) is 0 Å². The molecule has 2 saturated heterocycles. The van der Waals surface area contributed by atoms with Crippen LogP contribution in [0.1, 0.15) is 49.4 Å². The molecule has 3 aliphatic heterocycles. The number of hydrogen-bond acceptors (Lipinski definition) is 2. The number of likely N-dealkylation sites (tertiary alicyclic amines) is 1. The molecular weight excluding hydrogens is 310 g/mol. The van der Waals surface area contributed by atoms with Crippen LogP contribution in [-0.2, 0) is 17.8 Å². The molecule has 0 radical (unpaired) electrons. The normalized spacial score (nSPS) is 26.2. The van der Waals surface area contributed by atoms with Crippen molar-refractivity contribution in [3.8, 4) is 0 Å². The third-order valence-electron chi connectivity index (χ3n) is 6.73. The minimum absolute atomic E-state index is 0.300.